The van der Waals surface area contributed by atoms with Gasteiger partial charge >= 0.3 is 5.97 Å². The van der Waals surface area contributed by atoms with E-state index in [0.29, 0.717) is 17.1 Å². The minimum atomic E-state index is -0.629. The summed E-state index contributed by atoms with van der Waals surface area (Å²) < 4.78 is 15.8. The fourth-order valence-electron chi connectivity index (χ4n) is 2.95. The van der Waals surface area contributed by atoms with Crippen LogP contribution < -0.4 is 9.47 Å². The molecule has 2 aromatic carbocycles. The third-order valence-corrected chi connectivity index (χ3v) is 5.16. The third kappa shape index (κ3) is 4.37. The van der Waals surface area contributed by atoms with Gasteiger partial charge in [0, 0.05) is 5.56 Å². The van der Waals surface area contributed by atoms with E-state index in [1.54, 1.807) is 33.1 Å². The normalized spacial score (nSPS) is 15.5. The molecule has 1 fully saturated rings. The van der Waals surface area contributed by atoms with Crippen molar-refractivity contribution in [2.45, 2.75) is 20.0 Å². The van der Waals surface area contributed by atoms with Crippen LogP contribution in [0.1, 0.15) is 19.4 Å². The molecule has 29 heavy (non-hydrogen) atoms. The van der Waals surface area contributed by atoms with Gasteiger partial charge in [-0.05, 0) is 60.7 Å². The molecule has 7 nitrogen and oxygen atoms in total. The predicted octanol–water partition coefficient (Wildman–Crippen LogP) is 3.84. The fraction of sp³-hybridized carbons (Fsp3) is 0.286. The van der Waals surface area contributed by atoms with E-state index in [2.05, 4.69) is 0 Å². The molecular formula is C21H21NO6S. The molecule has 0 aliphatic carbocycles. The maximum absolute atomic E-state index is 12.7. The molecule has 3 rings (SSSR count). The Kier molecular flexibility index (Phi) is 6.12. The lowest BCUT2D eigenvalue weighted by molar-refractivity contribution is -0.149. The Morgan fingerprint density at radius 1 is 1.14 bits per heavy atom. The number of amides is 2. The summed E-state index contributed by atoms with van der Waals surface area (Å²) in [7, 11) is 3.11. The molecule has 2 amide bonds. The summed E-state index contributed by atoms with van der Waals surface area (Å²) in [4.78, 5) is 38.0. The highest BCUT2D eigenvalue weighted by atomic mass is 32.2. The molecule has 0 unspecified atom stereocenters. The molecule has 152 valence electrons. The fourth-order valence-corrected chi connectivity index (χ4v) is 3.77. The molecule has 2 aromatic rings. The molecule has 0 radical (unpaired) electrons. The van der Waals surface area contributed by atoms with Gasteiger partial charge in [-0.25, -0.2) is 0 Å². The number of hydrogen-bond donors (Lipinski definition) is 0. The Bertz CT molecular complexity index is 1010. The van der Waals surface area contributed by atoms with Crippen molar-refractivity contribution >= 4 is 45.7 Å². The lowest BCUT2D eigenvalue weighted by Crippen LogP contribution is -2.35. The van der Waals surface area contributed by atoms with E-state index >= 15 is 0 Å². The lowest BCUT2D eigenvalue weighted by atomic mass is 10.0. The Morgan fingerprint density at radius 2 is 1.86 bits per heavy atom. The second-order valence-corrected chi connectivity index (χ2v) is 7.57. The zero-order valence-corrected chi connectivity index (χ0v) is 17.4. The van der Waals surface area contributed by atoms with E-state index in [-0.39, 0.29) is 11.0 Å². The number of hydrogen-bond acceptors (Lipinski definition) is 7. The van der Waals surface area contributed by atoms with Crippen molar-refractivity contribution in [2.24, 2.45) is 0 Å². The highest BCUT2D eigenvalue weighted by molar-refractivity contribution is 8.18. The van der Waals surface area contributed by atoms with Crippen molar-refractivity contribution in [1.82, 2.24) is 4.90 Å². The van der Waals surface area contributed by atoms with E-state index < -0.39 is 23.7 Å². The molecule has 1 heterocycles. The Labute approximate surface area is 172 Å². The maximum Gasteiger partial charge on any atom is 0.326 e. The molecule has 1 aliphatic heterocycles. The average Bonchev–Trinajstić information content (AvgIpc) is 2.94. The summed E-state index contributed by atoms with van der Waals surface area (Å²) in [5, 5.41) is 1.23. The third-order valence-electron chi connectivity index (χ3n) is 4.25. The number of rotatable bonds is 6. The molecule has 0 saturated carbocycles. The van der Waals surface area contributed by atoms with Crippen LogP contribution in [0.25, 0.3) is 16.8 Å². The smallest absolute Gasteiger partial charge is 0.326 e. The second-order valence-electron chi connectivity index (χ2n) is 6.58. The summed E-state index contributed by atoms with van der Waals surface area (Å²) in [6.07, 6.45) is 1.28. The highest BCUT2D eigenvalue weighted by Crippen LogP contribution is 2.37. The van der Waals surface area contributed by atoms with Crippen molar-refractivity contribution < 1.29 is 28.6 Å². The molecule has 0 spiro atoms. The zero-order valence-electron chi connectivity index (χ0n) is 16.6. The summed E-state index contributed by atoms with van der Waals surface area (Å²) in [6, 6.07) is 9.28. The molecule has 1 aliphatic rings. The largest absolute Gasteiger partial charge is 0.497 e. The minimum Gasteiger partial charge on any atom is -0.497 e. The lowest BCUT2D eigenvalue weighted by Gasteiger charge is -2.13. The van der Waals surface area contributed by atoms with Gasteiger partial charge in [-0.1, -0.05) is 12.1 Å². The van der Waals surface area contributed by atoms with Crippen LogP contribution in [0.4, 0.5) is 4.79 Å². The average molecular weight is 415 g/mol. The Morgan fingerprint density at radius 3 is 2.52 bits per heavy atom. The van der Waals surface area contributed by atoms with Crippen molar-refractivity contribution in [3.8, 4) is 11.5 Å². The van der Waals surface area contributed by atoms with Crippen LogP contribution in [0, 0.1) is 0 Å². The van der Waals surface area contributed by atoms with E-state index in [1.807, 2.05) is 24.3 Å². The predicted molar refractivity (Wildman–Crippen MR) is 111 cm³/mol. The number of nitrogens with zero attached hydrogens (tertiary/aromatic N) is 1. The van der Waals surface area contributed by atoms with Gasteiger partial charge in [-0.3, -0.25) is 19.3 Å². The van der Waals surface area contributed by atoms with Crippen LogP contribution in [0.2, 0.25) is 0 Å². The van der Waals surface area contributed by atoms with Crippen LogP contribution in [-0.2, 0) is 14.3 Å². The van der Waals surface area contributed by atoms with Crippen molar-refractivity contribution in [3.05, 3.63) is 40.8 Å². The number of ether oxygens (including phenoxy) is 3. The van der Waals surface area contributed by atoms with Gasteiger partial charge in [0.1, 0.15) is 18.0 Å². The Hall–Kier alpha value is -3.00. The van der Waals surface area contributed by atoms with Crippen LogP contribution in [0.5, 0.6) is 11.5 Å². The molecule has 0 bridgehead atoms. The molecule has 8 heteroatoms. The summed E-state index contributed by atoms with van der Waals surface area (Å²) in [6.45, 7) is 2.99. The first-order valence-corrected chi connectivity index (χ1v) is 9.75. The summed E-state index contributed by atoms with van der Waals surface area (Å²) >= 11 is 0.779. The zero-order chi connectivity index (χ0) is 21.1. The van der Waals surface area contributed by atoms with E-state index in [4.69, 9.17) is 14.2 Å². The molecule has 0 N–H and O–H groups in total. The first kappa shape index (κ1) is 20.7. The first-order valence-electron chi connectivity index (χ1n) is 8.93. The first-order chi connectivity index (χ1) is 13.8. The number of carbonyl (C=O) groups is 3. The van der Waals surface area contributed by atoms with Crippen LogP contribution in [0.15, 0.2) is 35.2 Å². The quantitative estimate of drug-likeness (QED) is 0.524. The van der Waals surface area contributed by atoms with Crippen LogP contribution >= 0.6 is 11.8 Å². The summed E-state index contributed by atoms with van der Waals surface area (Å²) in [5.74, 6) is 0.0420. The van der Waals surface area contributed by atoms with Gasteiger partial charge in [0.15, 0.2) is 0 Å². The monoisotopic (exact) mass is 415 g/mol. The topological polar surface area (TPSA) is 82.1 Å². The van der Waals surface area contributed by atoms with Crippen molar-refractivity contribution in [2.75, 3.05) is 20.8 Å². The van der Waals surface area contributed by atoms with Crippen molar-refractivity contribution in [1.29, 1.82) is 0 Å². The van der Waals surface area contributed by atoms with Crippen LogP contribution in [0.3, 0.4) is 0 Å². The molecule has 0 aromatic heterocycles. The van der Waals surface area contributed by atoms with E-state index in [0.717, 1.165) is 27.4 Å². The summed E-state index contributed by atoms with van der Waals surface area (Å²) in [5.41, 5.74) is 0.652. The number of imide groups is 1. The van der Waals surface area contributed by atoms with Gasteiger partial charge in [0.05, 0.1) is 25.2 Å². The number of fused-ring (bicyclic) bond motifs is 1. The van der Waals surface area contributed by atoms with E-state index in [1.165, 1.54) is 7.11 Å². The number of benzene rings is 2. The van der Waals surface area contributed by atoms with E-state index in [9.17, 15) is 14.4 Å². The number of carbonyl (C=O) groups excluding carboxylic acids is 3. The van der Waals surface area contributed by atoms with Crippen LogP contribution in [-0.4, -0.2) is 48.9 Å². The number of methoxy groups -OCH3 is 2. The molecule has 0 atom stereocenters. The SMILES string of the molecule is COc1ccc2ccc(OC)c(/C=C3\SC(=O)N(CC(=O)OC(C)C)C3=O)c2c1. The minimum absolute atomic E-state index is 0.209. The maximum atomic E-state index is 12.7. The van der Waals surface area contributed by atoms with Gasteiger partial charge in [-0.2, -0.15) is 0 Å². The van der Waals surface area contributed by atoms with Crippen molar-refractivity contribution in [3.63, 3.8) is 0 Å². The number of thioether (sulfide) groups is 1. The second kappa shape index (κ2) is 8.57. The van der Waals surface area contributed by atoms with Gasteiger partial charge in [-0.15, -0.1) is 0 Å². The number of esters is 1. The molecule has 1 saturated heterocycles. The Balaban J connectivity index is 1.99. The standard InChI is InChI=1S/C21H21NO6S/c1-12(2)28-19(23)11-22-20(24)18(29-21(22)25)10-16-15-9-14(26-3)7-5-13(15)6-8-17(16)27-4/h5-10,12H,11H2,1-4H3/b18-10-. The van der Waals surface area contributed by atoms with Gasteiger partial charge in [0.25, 0.3) is 11.1 Å². The van der Waals surface area contributed by atoms with Gasteiger partial charge < -0.3 is 14.2 Å². The highest BCUT2D eigenvalue weighted by Gasteiger charge is 2.37. The molecular weight excluding hydrogens is 394 g/mol. The van der Waals surface area contributed by atoms with Gasteiger partial charge in [0.2, 0.25) is 0 Å².